The third-order valence-corrected chi connectivity index (χ3v) is 3.46. The van der Waals surface area contributed by atoms with Crippen LogP contribution >= 0.6 is 0 Å². The third-order valence-electron chi connectivity index (χ3n) is 3.46. The fourth-order valence-electron chi connectivity index (χ4n) is 2.32. The van der Waals surface area contributed by atoms with Crippen LogP contribution in [-0.2, 0) is 10.2 Å². The molecule has 0 spiro atoms. The molecule has 96 valence electrons. The molecule has 1 aromatic rings. The van der Waals surface area contributed by atoms with Gasteiger partial charge in [0.1, 0.15) is 11.5 Å². The molecule has 1 saturated heterocycles. The number of hydrogen-bond donors (Lipinski definition) is 0. The molecule has 4 heteroatoms. The second-order valence-corrected chi connectivity index (χ2v) is 4.63. The summed E-state index contributed by atoms with van der Waals surface area (Å²) >= 11 is 0. The van der Waals surface area contributed by atoms with Gasteiger partial charge in [-0.2, -0.15) is 5.26 Å². The van der Waals surface area contributed by atoms with Crippen LogP contribution in [0.4, 0.5) is 0 Å². The Hall–Kier alpha value is -1.73. The smallest absolute Gasteiger partial charge is 0.123 e. The number of aryl methyl sites for hydroxylation is 1. The SMILES string of the molecule is COc1cc(C2(CC#N)COC2)c(OC)cc1C. The van der Waals surface area contributed by atoms with Crippen LogP contribution < -0.4 is 9.47 Å². The molecule has 18 heavy (non-hydrogen) atoms. The lowest BCUT2D eigenvalue weighted by Crippen LogP contribution is -2.46. The lowest BCUT2D eigenvalue weighted by Gasteiger charge is -2.41. The second kappa shape index (κ2) is 4.87. The first kappa shape index (κ1) is 12.7. The van der Waals surface area contributed by atoms with Gasteiger partial charge in [-0.15, -0.1) is 0 Å². The molecule has 0 radical (unpaired) electrons. The average Bonchev–Trinajstić information content (AvgIpc) is 2.33. The number of benzene rings is 1. The fraction of sp³-hybridized carbons (Fsp3) is 0.500. The predicted molar refractivity (Wildman–Crippen MR) is 67.0 cm³/mol. The normalized spacial score (nSPS) is 16.6. The van der Waals surface area contributed by atoms with E-state index in [0.29, 0.717) is 19.6 Å². The summed E-state index contributed by atoms with van der Waals surface area (Å²) in [6, 6.07) is 6.15. The summed E-state index contributed by atoms with van der Waals surface area (Å²) in [6.45, 7) is 3.09. The van der Waals surface area contributed by atoms with Crippen LogP contribution in [0.3, 0.4) is 0 Å². The Balaban J connectivity index is 2.51. The zero-order valence-electron chi connectivity index (χ0n) is 10.9. The van der Waals surface area contributed by atoms with Crippen molar-refractivity contribution in [3.8, 4) is 17.6 Å². The number of methoxy groups -OCH3 is 2. The highest BCUT2D eigenvalue weighted by molar-refractivity contribution is 5.50. The number of nitriles is 1. The summed E-state index contributed by atoms with van der Waals surface area (Å²) in [4.78, 5) is 0. The van der Waals surface area contributed by atoms with E-state index in [1.54, 1.807) is 14.2 Å². The van der Waals surface area contributed by atoms with Crippen LogP contribution in [0.1, 0.15) is 17.5 Å². The molecule has 0 amide bonds. The summed E-state index contributed by atoms with van der Waals surface area (Å²) in [7, 11) is 3.29. The van der Waals surface area contributed by atoms with Crippen LogP contribution in [0.2, 0.25) is 0 Å². The van der Waals surface area contributed by atoms with Crippen molar-refractivity contribution < 1.29 is 14.2 Å². The van der Waals surface area contributed by atoms with Crippen molar-refractivity contribution in [3.63, 3.8) is 0 Å². The Kier molecular flexibility index (Phi) is 3.44. The Morgan fingerprint density at radius 1 is 1.28 bits per heavy atom. The van der Waals surface area contributed by atoms with Crippen molar-refractivity contribution in [3.05, 3.63) is 23.3 Å². The maximum absolute atomic E-state index is 9.00. The summed E-state index contributed by atoms with van der Waals surface area (Å²) in [5.41, 5.74) is 1.77. The largest absolute Gasteiger partial charge is 0.496 e. The van der Waals surface area contributed by atoms with Crippen molar-refractivity contribution in [2.75, 3.05) is 27.4 Å². The highest BCUT2D eigenvalue weighted by atomic mass is 16.5. The number of hydrogen-bond acceptors (Lipinski definition) is 4. The lowest BCUT2D eigenvalue weighted by atomic mass is 9.75. The monoisotopic (exact) mass is 247 g/mol. The van der Waals surface area contributed by atoms with Gasteiger partial charge in [-0.05, 0) is 24.6 Å². The quantitative estimate of drug-likeness (QED) is 0.818. The number of ether oxygens (including phenoxy) is 3. The Labute approximate surface area is 107 Å². The highest BCUT2D eigenvalue weighted by Crippen LogP contribution is 2.43. The van der Waals surface area contributed by atoms with E-state index in [1.165, 1.54) is 0 Å². The molecule has 0 aromatic heterocycles. The maximum Gasteiger partial charge on any atom is 0.123 e. The van der Waals surface area contributed by atoms with Crippen molar-refractivity contribution in [1.29, 1.82) is 5.26 Å². The summed E-state index contributed by atoms with van der Waals surface area (Å²) in [5.74, 6) is 1.61. The summed E-state index contributed by atoms with van der Waals surface area (Å²) < 4.78 is 16.1. The molecule has 2 rings (SSSR count). The van der Waals surface area contributed by atoms with Gasteiger partial charge in [0.05, 0.1) is 38.9 Å². The van der Waals surface area contributed by atoms with E-state index in [4.69, 9.17) is 19.5 Å². The standard InChI is InChI=1S/C14H17NO3/c1-10-6-13(17-3)11(7-12(10)16-2)14(4-5-15)8-18-9-14/h6-7H,4,8-9H2,1-3H3. The highest BCUT2D eigenvalue weighted by Gasteiger charge is 2.42. The Bertz CT molecular complexity index is 487. The van der Waals surface area contributed by atoms with E-state index in [-0.39, 0.29) is 5.41 Å². The first-order chi connectivity index (χ1) is 8.66. The molecule has 0 aliphatic carbocycles. The van der Waals surface area contributed by atoms with Gasteiger partial charge in [0, 0.05) is 12.0 Å². The van der Waals surface area contributed by atoms with Gasteiger partial charge in [-0.25, -0.2) is 0 Å². The maximum atomic E-state index is 9.00. The van der Waals surface area contributed by atoms with Gasteiger partial charge >= 0.3 is 0 Å². The molecule has 0 unspecified atom stereocenters. The van der Waals surface area contributed by atoms with E-state index in [2.05, 4.69) is 6.07 Å². The third kappa shape index (κ3) is 1.91. The van der Waals surface area contributed by atoms with E-state index in [1.807, 2.05) is 19.1 Å². The molecule has 1 fully saturated rings. The molecule has 0 bridgehead atoms. The first-order valence-electron chi connectivity index (χ1n) is 5.84. The van der Waals surface area contributed by atoms with Crippen LogP contribution in [0.25, 0.3) is 0 Å². The average molecular weight is 247 g/mol. The van der Waals surface area contributed by atoms with Crippen LogP contribution in [0.5, 0.6) is 11.5 Å². The minimum Gasteiger partial charge on any atom is -0.496 e. The topological polar surface area (TPSA) is 51.5 Å². The van der Waals surface area contributed by atoms with Gasteiger partial charge in [0.2, 0.25) is 0 Å². The lowest BCUT2D eigenvalue weighted by molar-refractivity contribution is -0.0586. The van der Waals surface area contributed by atoms with Gasteiger partial charge in [-0.3, -0.25) is 0 Å². The van der Waals surface area contributed by atoms with Crippen LogP contribution in [-0.4, -0.2) is 27.4 Å². The second-order valence-electron chi connectivity index (χ2n) is 4.63. The molecule has 1 aromatic carbocycles. The summed E-state index contributed by atoms with van der Waals surface area (Å²) in [5, 5.41) is 9.00. The van der Waals surface area contributed by atoms with Gasteiger partial charge in [0.25, 0.3) is 0 Å². The Morgan fingerprint density at radius 3 is 2.39 bits per heavy atom. The molecular weight excluding hydrogens is 230 g/mol. The molecule has 0 N–H and O–H groups in total. The predicted octanol–water partition coefficient (Wildman–Crippen LogP) is 2.19. The molecule has 1 heterocycles. The Morgan fingerprint density at radius 2 is 1.94 bits per heavy atom. The van der Waals surface area contributed by atoms with Gasteiger partial charge in [-0.1, -0.05) is 0 Å². The minimum absolute atomic E-state index is 0.249. The van der Waals surface area contributed by atoms with Gasteiger partial charge in [0.15, 0.2) is 0 Å². The van der Waals surface area contributed by atoms with Gasteiger partial charge < -0.3 is 14.2 Å². The zero-order valence-corrected chi connectivity index (χ0v) is 10.9. The number of nitrogens with zero attached hydrogens (tertiary/aromatic N) is 1. The minimum atomic E-state index is -0.249. The molecule has 0 atom stereocenters. The van der Waals surface area contributed by atoms with Crippen LogP contribution in [0.15, 0.2) is 12.1 Å². The van der Waals surface area contributed by atoms with Crippen molar-refractivity contribution in [1.82, 2.24) is 0 Å². The number of rotatable bonds is 4. The van der Waals surface area contributed by atoms with E-state index in [9.17, 15) is 0 Å². The van der Waals surface area contributed by atoms with E-state index in [0.717, 1.165) is 22.6 Å². The zero-order chi connectivity index (χ0) is 13.2. The first-order valence-corrected chi connectivity index (χ1v) is 5.84. The van der Waals surface area contributed by atoms with Crippen LogP contribution in [0, 0.1) is 18.3 Å². The molecule has 1 aliphatic heterocycles. The van der Waals surface area contributed by atoms with E-state index < -0.39 is 0 Å². The molecule has 0 saturated carbocycles. The molecule has 1 aliphatic rings. The molecular formula is C14H17NO3. The fourth-order valence-corrected chi connectivity index (χ4v) is 2.32. The van der Waals surface area contributed by atoms with E-state index >= 15 is 0 Å². The molecule has 4 nitrogen and oxygen atoms in total. The van der Waals surface area contributed by atoms with Crippen molar-refractivity contribution in [2.24, 2.45) is 0 Å². The van der Waals surface area contributed by atoms with Crippen molar-refractivity contribution in [2.45, 2.75) is 18.8 Å². The van der Waals surface area contributed by atoms with Crippen molar-refractivity contribution >= 4 is 0 Å². The summed E-state index contributed by atoms with van der Waals surface area (Å²) in [6.07, 6.45) is 0.426.